The van der Waals surface area contributed by atoms with Crippen LogP contribution >= 0.6 is 0 Å². The van der Waals surface area contributed by atoms with Crippen molar-refractivity contribution in [3.05, 3.63) is 0 Å². The number of hydrogen-bond acceptors (Lipinski definition) is 1. The van der Waals surface area contributed by atoms with Gasteiger partial charge in [-0.05, 0) is 25.1 Å². The molecule has 0 spiro atoms. The third kappa shape index (κ3) is 4.27. The van der Waals surface area contributed by atoms with E-state index in [-0.39, 0.29) is 0 Å². The first-order chi connectivity index (χ1) is 6.14. The fourth-order valence-electron chi connectivity index (χ4n) is 2.13. The molecule has 1 aliphatic carbocycles. The zero-order chi connectivity index (χ0) is 9.73. The summed E-state index contributed by atoms with van der Waals surface area (Å²) in [7, 11) is 0.621. The highest BCUT2D eigenvalue weighted by Crippen LogP contribution is 2.29. The zero-order valence-electron chi connectivity index (χ0n) is 9.44. The lowest BCUT2D eigenvalue weighted by atomic mass is 9.88. The highest BCUT2D eigenvalue weighted by molar-refractivity contribution is 6.71. The first kappa shape index (κ1) is 11.3. The summed E-state index contributed by atoms with van der Waals surface area (Å²) >= 11 is 0. The van der Waals surface area contributed by atoms with Gasteiger partial charge in [-0.25, -0.2) is 0 Å². The molecule has 0 N–H and O–H groups in total. The van der Waals surface area contributed by atoms with Gasteiger partial charge in [-0.1, -0.05) is 38.5 Å². The first-order valence-electron chi connectivity index (χ1n) is 5.69. The molecular weight excluding hydrogens is 176 g/mol. The SMILES string of the molecule is CO[Si](C)(C)CCC1CCCCC1. The second-order valence-corrected chi connectivity index (χ2v) is 9.43. The fraction of sp³-hybridized carbons (Fsp3) is 1.00. The Kier molecular flexibility index (Phi) is 4.46. The van der Waals surface area contributed by atoms with E-state index in [2.05, 4.69) is 13.1 Å². The molecule has 0 aliphatic heterocycles. The summed E-state index contributed by atoms with van der Waals surface area (Å²) in [5, 5.41) is 0. The van der Waals surface area contributed by atoms with Crippen LogP contribution in [0, 0.1) is 5.92 Å². The standard InChI is InChI=1S/C11H24OSi/c1-12-13(2,3)10-9-11-7-5-4-6-8-11/h11H,4-10H2,1-3H3. The normalized spacial score (nSPS) is 20.5. The molecule has 1 fully saturated rings. The van der Waals surface area contributed by atoms with Crippen LogP contribution in [0.4, 0.5) is 0 Å². The minimum Gasteiger partial charge on any atom is -0.420 e. The van der Waals surface area contributed by atoms with E-state index in [0.29, 0.717) is 0 Å². The average molecular weight is 200 g/mol. The first-order valence-corrected chi connectivity index (χ1v) is 8.81. The van der Waals surface area contributed by atoms with Gasteiger partial charge in [0.15, 0.2) is 8.32 Å². The van der Waals surface area contributed by atoms with Gasteiger partial charge < -0.3 is 4.43 Å². The molecule has 0 aromatic rings. The van der Waals surface area contributed by atoms with E-state index >= 15 is 0 Å². The highest BCUT2D eigenvalue weighted by atomic mass is 28.4. The summed E-state index contributed by atoms with van der Waals surface area (Å²) in [6.45, 7) is 4.66. The van der Waals surface area contributed by atoms with Crippen molar-refractivity contribution in [3.8, 4) is 0 Å². The zero-order valence-corrected chi connectivity index (χ0v) is 10.4. The van der Waals surface area contributed by atoms with Crippen LogP contribution in [0.2, 0.25) is 19.1 Å². The summed E-state index contributed by atoms with van der Waals surface area (Å²) in [4.78, 5) is 0. The molecule has 0 amide bonds. The molecule has 0 aromatic heterocycles. The number of hydrogen-bond donors (Lipinski definition) is 0. The molecule has 1 rings (SSSR count). The molecule has 0 bridgehead atoms. The summed E-state index contributed by atoms with van der Waals surface area (Å²) in [5.74, 6) is 1.02. The van der Waals surface area contributed by atoms with Crippen molar-refractivity contribution < 1.29 is 4.43 Å². The predicted octanol–water partition coefficient (Wildman–Crippen LogP) is 3.81. The van der Waals surface area contributed by atoms with Gasteiger partial charge >= 0.3 is 0 Å². The van der Waals surface area contributed by atoms with Crippen molar-refractivity contribution in [3.63, 3.8) is 0 Å². The third-order valence-electron chi connectivity index (χ3n) is 3.43. The molecule has 78 valence electrons. The average Bonchev–Trinajstić information content (AvgIpc) is 2.17. The summed E-state index contributed by atoms with van der Waals surface area (Å²) in [5.41, 5.74) is 0. The molecule has 0 saturated heterocycles. The second kappa shape index (κ2) is 5.16. The Morgan fingerprint density at radius 3 is 2.31 bits per heavy atom. The van der Waals surface area contributed by atoms with Gasteiger partial charge in [-0.2, -0.15) is 0 Å². The molecule has 0 radical (unpaired) electrons. The Morgan fingerprint density at radius 2 is 1.77 bits per heavy atom. The van der Waals surface area contributed by atoms with Crippen molar-refractivity contribution in [1.82, 2.24) is 0 Å². The van der Waals surface area contributed by atoms with Crippen molar-refractivity contribution in [2.24, 2.45) is 5.92 Å². The number of rotatable bonds is 4. The summed E-state index contributed by atoms with van der Waals surface area (Å²) in [6, 6.07) is 1.36. The van der Waals surface area contributed by atoms with E-state index in [1.165, 1.54) is 44.6 Å². The molecule has 13 heavy (non-hydrogen) atoms. The quantitative estimate of drug-likeness (QED) is 0.627. The maximum atomic E-state index is 5.57. The molecular formula is C11H24OSi. The van der Waals surface area contributed by atoms with Crippen LogP contribution in [0.1, 0.15) is 38.5 Å². The topological polar surface area (TPSA) is 9.23 Å². The molecule has 1 saturated carbocycles. The van der Waals surface area contributed by atoms with Crippen molar-refractivity contribution >= 4 is 8.32 Å². The second-order valence-electron chi connectivity index (χ2n) is 5.01. The lowest BCUT2D eigenvalue weighted by molar-refractivity contribution is 0.337. The van der Waals surface area contributed by atoms with Gasteiger partial charge in [0, 0.05) is 7.11 Å². The van der Waals surface area contributed by atoms with Crippen LogP contribution in [0.3, 0.4) is 0 Å². The lowest BCUT2D eigenvalue weighted by Crippen LogP contribution is -2.29. The molecule has 1 nitrogen and oxygen atoms in total. The van der Waals surface area contributed by atoms with Crippen LogP contribution in [-0.2, 0) is 4.43 Å². The molecule has 0 unspecified atom stereocenters. The van der Waals surface area contributed by atoms with Crippen molar-refractivity contribution in [1.29, 1.82) is 0 Å². The van der Waals surface area contributed by atoms with Gasteiger partial charge in [0.1, 0.15) is 0 Å². The minimum atomic E-state index is -1.26. The predicted molar refractivity (Wildman–Crippen MR) is 60.5 cm³/mol. The molecule has 0 aromatic carbocycles. The Balaban J connectivity index is 2.17. The van der Waals surface area contributed by atoms with Crippen LogP contribution < -0.4 is 0 Å². The summed E-state index contributed by atoms with van der Waals surface area (Å²) in [6.07, 6.45) is 8.80. The van der Waals surface area contributed by atoms with E-state index < -0.39 is 8.32 Å². The fourth-order valence-corrected chi connectivity index (χ4v) is 3.44. The maximum Gasteiger partial charge on any atom is 0.186 e. The maximum absolute atomic E-state index is 5.57. The van der Waals surface area contributed by atoms with E-state index in [0.717, 1.165) is 5.92 Å². The van der Waals surface area contributed by atoms with E-state index in [4.69, 9.17) is 4.43 Å². The van der Waals surface area contributed by atoms with Gasteiger partial charge in [0.25, 0.3) is 0 Å². The van der Waals surface area contributed by atoms with Gasteiger partial charge in [-0.3, -0.25) is 0 Å². The Bertz CT molecular complexity index is 139. The Morgan fingerprint density at radius 1 is 1.15 bits per heavy atom. The van der Waals surface area contributed by atoms with Crippen molar-refractivity contribution in [2.45, 2.75) is 57.7 Å². The molecule has 1 aliphatic rings. The van der Waals surface area contributed by atoms with Crippen LogP contribution in [-0.4, -0.2) is 15.4 Å². The van der Waals surface area contributed by atoms with Gasteiger partial charge in [0.2, 0.25) is 0 Å². The van der Waals surface area contributed by atoms with Gasteiger partial charge in [0.05, 0.1) is 0 Å². The van der Waals surface area contributed by atoms with Crippen LogP contribution in [0.15, 0.2) is 0 Å². The van der Waals surface area contributed by atoms with E-state index in [1.54, 1.807) is 0 Å². The monoisotopic (exact) mass is 200 g/mol. The van der Waals surface area contributed by atoms with Gasteiger partial charge in [-0.15, -0.1) is 0 Å². The Hall–Kier alpha value is 0.177. The minimum absolute atomic E-state index is 1.02. The third-order valence-corrected chi connectivity index (χ3v) is 6.03. The van der Waals surface area contributed by atoms with E-state index in [9.17, 15) is 0 Å². The Labute approximate surface area is 84.0 Å². The van der Waals surface area contributed by atoms with Crippen LogP contribution in [0.25, 0.3) is 0 Å². The lowest BCUT2D eigenvalue weighted by Gasteiger charge is -2.26. The van der Waals surface area contributed by atoms with E-state index in [1.807, 2.05) is 7.11 Å². The largest absolute Gasteiger partial charge is 0.420 e. The van der Waals surface area contributed by atoms with Crippen molar-refractivity contribution in [2.75, 3.05) is 7.11 Å². The highest BCUT2D eigenvalue weighted by Gasteiger charge is 2.23. The smallest absolute Gasteiger partial charge is 0.186 e. The molecule has 0 atom stereocenters. The summed E-state index contributed by atoms with van der Waals surface area (Å²) < 4.78 is 5.57. The molecule has 2 heteroatoms. The van der Waals surface area contributed by atoms with Crippen LogP contribution in [0.5, 0.6) is 0 Å². The molecule has 0 heterocycles.